The first kappa shape index (κ1) is 48.6. The average Bonchev–Trinajstić information content (AvgIpc) is 3.23. The third-order valence-electron chi connectivity index (χ3n) is 19.0. The molecule has 3 saturated heterocycles. The van der Waals surface area contributed by atoms with E-state index in [1.54, 1.807) is 5.57 Å². The molecule has 8 rings (SSSR count). The molecule has 16 heteroatoms. The zero-order valence-electron chi connectivity index (χ0n) is 38.3. The molecule has 0 aromatic rings. The highest BCUT2D eigenvalue weighted by Crippen LogP contribution is 2.76. The van der Waals surface area contributed by atoms with E-state index < -0.39 is 117 Å². The summed E-state index contributed by atoms with van der Waals surface area (Å²) in [5, 5.41) is 107. The lowest BCUT2D eigenvalue weighted by Crippen LogP contribution is -2.68. The van der Waals surface area contributed by atoms with E-state index in [0.717, 1.165) is 57.8 Å². The molecule has 63 heavy (non-hydrogen) atoms. The fourth-order valence-corrected chi connectivity index (χ4v) is 14.9. The first-order valence-electron chi connectivity index (χ1n) is 23.7. The molecule has 4 saturated carbocycles. The standard InChI is InChI=1S/C47H78O16/c1-42(2)14-16-47(22-50)17-15-45(6)23(24(47)18-42)8-9-29-44(5)12-11-30(43(3,4)28(44)10-13-46(29,45)7)61-41-38(63-40-36(57)34(55)32(53)26(19-48)59-40)37(33(54)27(20-49)60-41)62-39-35(56)31(52)25(51)21-58-39/h8,24-41,48-57H,9-22H2,1-7H3/t24-,25-,26+,27+,28-,29+,30-,31-,32+,33+,34-,35+,36+,37-,38+,39-,40-,41-,44-,45+,46+,47+/m0/s1. The van der Waals surface area contributed by atoms with Gasteiger partial charge >= 0.3 is 0 Å². The Bertz CT molecular complexity index is 1660. The minimum absolute atomic E-state index is 0.00195. The molecule has 0 spiro atoms. The van der Waals surface area contributed by atoms with Gasteiger partial charge in [0.05, 0.1) is 25.9 Å². The Morgan fingerprint density at radius 2 is 1.25 bits per heavy atom. The molecule has 8 aliphatic rings. The quantitative estimate of drug-likeness (QED) is 0.115. The van der Waals surface area contributed by atoms with E-state index in [1.165, 1.54) is 0 Å². The molecular formula is C47H78O16. The first-order chi connectivity index (χ1) is 29.5. The second-order valence-electron chi connectivity index (χ2n) is 23.1. The van der Waals surface area contributed by atoms with E-state index in [9.17, 15) is 51.1 Å². The van der Waals surface area contributed by atoms with Gasteiger partial charge in [0.2, 0.25) is 0 Å². The Morgan fingerprint density at radius 3 is 1.94 bits per heavy atom. The van der Waals surface area contributed by atoms with Gasteiger partial charge in [-0.25, -0.2) is 0 Å². The molecule has 3 heterocycles. The second kappa shape index (κ2) is 17.3. The van der Waals surface area contributed by atoms with Gasteiger partial charge in [0, 0.05) is 12.0 Å². The highest BCUT2D eigenvalue weighted by atomic mass is 16.8. The number of aliphatic hydroxyl groups is 10. The van der Waals surface area contributed by atoms with Crippen molar-refractivity contribution in [2.45, 2.75) is 205 Å². The Labute approximate surface area is 371 Å². The van der Waals surface area contributed by atoms with Gasteiger partial charge in [-0.3, -0.25) is 0 Å². The Hall–Kier alpha value is -0.900. The van der Waals surface area contributed by atoms with Crippen LogP contribution in [-0.2, 0) is 28.4 Å². The lowest BCUT2D eigenvalue weighted by molar-refractivity contribution is -0.396. The Balaban J connectivity index is 1.08. The zero-order chi connectivity index (χ0) is 45.8. The zero-order valence-corrected chi connectivity index (χ0v) is 38.3. The smallest absolute Gasteiger partial charge is 0.187 e. The number of ether oxygens (including phenoxy) is 6. The van der Waals surface area contributed by atoms with Gasteiger partial charge in [0.15, 0.2) is 18.9 Å². The van der Waals surface area contributed by atoms with E-state index in [4.69, 9.17) is 28.4 Å². The highest BCUT2D eigenvalue weighted by molar-refractivity contribution is 5.34. The van der Waals surface area contributed by atoms with E-state index >= 15 is 0 Å². The summed E-state index contributed by atoms with van der Waals surface area (Å²) >= 11 is 0. The number of fused-ring (bicyclic) bond motifs is 7. The minimum atomic E-state index is -1.84. The van der Waals surface area contributed by atoms with Crippen LogP contribution in [0.15, 0.2) is 11.6 Å². The van der Waals surface area contributed by atoms with Crippen LogP contribution in [0.3, 0.4) is 0 Å². The highest BCUT2D eigenvalue weighted by Gasteiger charge is 2.69. The van der Waals surface area contributed by atoms with Crippen LogP contribution in [0.2, 0.25) is 0 Å². The molecule has 0 bridgehead atoms. The topological polar surface area (TPSA) is 258 Å². The summed E-state index contributed by atoms with van der Waals surface area (Å²) in [6, 6.07) is 0. The molecule has 5 aliphatic carbocycles. The summed E-state index contributed by atoms with van der Waals surface area (Å²) in [6.07, 6.45) is -10.2. The summed E-state index contributed by atoms with van der Waals surface area (Å²) in [4.78, 5) is 0. The van der Waals surface area contributed by atoms with E-state index in [2.05, 4.69) is 54.5 Å². The van der Waals surface area contributed by atoms with Crippen LogP contribution in [0.4, 0.5) is 0 Å². The SMILES string of the molecule is CC1(C)CC[C@]2(CO)CC[C@]3(C)C(=CC[C@@H]4[C@@]5(C)CC[C@H](O[C@@H]6O[C@H](CO)[C@@H](O)[C@H](O[C@@H]7OC[C@H](O)[C@H](O)[C@H]7O)[C@H]6O[C@@H]6O[C@H](CO)[C@@H](O)[C@H](O)[C@H]6O)C(C)(C)[C@@H]5CC[C@]43C)[C@@H]2C1. The summed E-state index contributed by atoms with van der Waals surface area (Å²) in [6.45, 7) is 15.2. The summed E-state index contributed by atoms with van der Waals surface area (Å²) in [5.41, 5.74) is 1.29. The van der Waals surface area contributed by atoms with Gasteiger partial charge in [0.25, 0.3) is 0 Å². The maximum absolute atomic E-state index is 11.6. The maximum Gasteiger partial charge on any atom is 0.187 e. The normalized spacial score (nSPS) is 54.2. The van der Waals surface area contributed by atoms with Crippen molar-refractivity contribution in [3.8, 4) is 0 Å². The predicted octanol–water partition coefficient (Wildman–Crippen LogP) is 1.25. The van der Waals surface area contributed by atoms with Gasteiger partial charge in [-0.2, -0.15) is 0 Å². The molecule has 16 nitrogen and oxygen atoms in total. The minimum Gasteiger partial charge on any atom is -0.396 e. The molecule has 0 aromatic heterocycles. The lowest BCUT2D eigenvalue weighted by Gasteiger charge is -2.71. The van der Waals surface area contributed by atoms with Gasteiger partial charge < -0.3 is 79.5 Å². The van der Waals surface area contributed by atoms with Crippen LogP contribution < -0.4 is 0 Å². The molecule has 22 atom stereocenters. The van der Waals surface area contributed by atoms with Crippen LogP contribution >= 0.6 is 0 Å². The lowest BCUT2D eigenvalue weighted by atomic mass is 9.33. The van der Waals surface area contributed by atoms with Crippen molar-refractivity contribution in [3.05, 3.63) is 11.6 Å². The third-order valence-corrected chi connectivity index (χ3v) is 19.0. The molecule has 362 valence electrons. The van der Waals surface area contributed by atoms with Gasteiger partial charge in [0.1, 0.15) is 67.1 Å². The first-order valence-corrected chi connectivity index (χ1v) is 23.7. The Kier molecular flexibility index (Phi) is 13.3. The van der Waals surface area contributed by atoms with Gasteiger partial charge in [-0.05, 0) is 109 Å². The Morgan fingerprint density at radius 1 is 0.619 bits per heavy atom. The number of hydrogen-bond donors (Lipinski definition) is 10. The van der Waals surface area contributed by atoms with Crippen LogP contribution in [0.5, 0.6) is 0 Å². The summed E-state index contributed by atoms with van der Waals surface area (Å²) in [5.74, 6) is 0.986. The second-order valence-corrected chi connectivity index (χ2v) is 23.1. The molecule has 0 amide bonds. The molecule has 0 radical (unpaired) electrons. The van der Waals surface area contributed by atoms with Crippen LogP contribution in [0.1, 0.15) is 113 Å². The van der Waals surface area contributed by atoms with Crippen molar-refractivity contribution in [2.24, 2.45) is 50.2 Å². The van der Waals surface area contributed by atoms with Crippen LogP contribution in [-0.4, -0.2) is 170 Å². The number of hydrogen-bond acceptors (Lipinski definition) is 16. The number of rotatable bonds is 9. The van der Waals surface area contributed by atoms with Gasteiger partial charge in [-0.15, -0.1) is 0 Å². The average molecular weight is 899 g/mol. The summed E-state index contributed by atoms with van der Waals surface area (Å²) in [7, 11) is 0. The molecule has 0 aromatic carbocycles. The van der Waals surface area contributed by atoms with E-state index in [-0.39, 0.29) is 39.6 Å². The molecule has 3 aliphatic heterocycles. The fraction of sp³-hybridized carbons (Fsp3) is 0.957. The fourth-order valence-electron chi connectivity index (χ4n) is 14.9. The van der Waals surface area contributed by atoms with Crippen molar-refractivity contribution >= 4 is 0 Å². The van der Waals surface area contributed by atoms with Crippen molar-refractivity contribution in [1.29, 1.82) is 0 Å². The molecule has 7 fully saturated rings. The molecular weight excluding hydrogens is 821 g/mol. The van der Waals surface area contributed by atoms with Crippen molar-refractivity contribution < 1.29 is 79.5 Å². The van der Waals surface area contributed by atoms with E-state index in [1.807, 2.05) is 0 Å². The van der Waals surface area contributed by atoms with Gasteiger partial charge in [-0.1, -0.05) is 60.1 Å². The third kappa shape index (κ3) is 7.74. The largest absolute Gasteiger partial charge is 0.396 e. The summed E-state index contributed by atoms with van der Waals surface area (Å²) < 4.78 is 37.0. The molecule has 10 N–H and O–H groups in total. The monoisotopic (exact) mass is 899 g/mol. The van der Waals surface area contributed by atoms with Crippen LogP contribution in [0, 0.1) is 50.2 Å². The molecule has 0 unspecified atom stereocenters. The van der Waals surface area contributed by atoms with Crippen molar-refractivity contribution in [1.82, 2.24) is 0 Å². The van der Waals surface area contributed by atoms with Crippen LogP contribution in [0.25, 0.3) is 0 Å². The maximum atomic E-state index is 11.6. The van der Waals surface area contributed by atoms with E-state index in [0.29, 0.717) is 18.3 Å². The number of aliphatic hydroxyl groups excluding tert-OH is 10. The predicted molar refractivity (Wildman–Crippen MR) is 224 cm³/mol. The van der Waals surface area contributed by atoms with Crippen molar-refractivity contribution in [2.75, 3.05) is 26.4 Å². The number of allylic oxidation sites excluding steroid dienone is 2. The van der Waals surface area contributed by atoms with Crippen molar-refractivity contribution in [3.63, 3.8) is 0 Å².